The fourth-order valence-corrected chi connectivity index (χ4v) is 2.76. The lowest BCUT2D eigenvalue weighted by atomic mass is 10.2. The van der Waals surface area contributed by atoms with E-state index >= 15 is 0 Å². The lowest BCUT2D eigenvalue weighted by Gasteiger charge is -2.11. The van der Waals surface area contributed by atoms with Crippen LogP contribution < -0.4 is 15.2 Å². The normalized spacial score (nSPS) is 15.5. The zero-order valence-electron chi connectivity index (χ0n) is 9.01. The molecule has 0 bridgehead atoms. The average molecular weight is 271 g/mol. The molecule has 0 aromatic heterocycles. The van der Waals surface area contributed by atoms with Crippen LogP contribution in [0.25, 0.3) is 0 Å². The molecule has 92 valence electrons. The van der Waals surface area contributed by atoms with E-state index in [1.165, 1.54) is 0 Å². The van der Waals surface area contributed by atoms with Crippen molar-refractivity contribution in [1.29, 1.82) is 0 Å². The van der Waals surface area contributed by atoms with E-state index in [0.717, 1.165) is 12.8 Å². The molecule has 2 rings (SSSR count). The highest BCUT2D eigenvalue weighted by atomic mass is 32.2. The topological polar surface area (TPSA) is 84.2 Å². The SMILES string of the molecule is NC(=S)c1ccccc1NS(=O)(=O)NC1CC1. The number of nitrogens with one attached hydrogen (secondary N) is 2. The molecule has 0 unspecified atom stereocenters. The molecule has 0 radical (unpaired) electrons. The minimum Gasteiger partial charge on any atom is -0.389 e. The first-order chi connectivity index (χ1) is 7.98. The van der Waals surface area contributed by atoms with Crippen molar-refractivity contribution in [2.75, 3.05) is 4.72 Å². The van der Waals surface area contributed by atoms with Gasteiger partial charge in [-0.15, -0.1) is 0 Å². The molecule has 0 aliphatic heterocycles. The van der Waals surface area contributed by atoms with E-state index in [1.807, 2.05) is 0 Å². The molecule has 17 heavy (non-hydrogen) atoms. The maximum Gasteiger partial charge on any atom is 0.299 e. The van der Waals surface area contributed by atoms with Crippen molar-refractivity contribution in [1.82, 2.24) is 4.72 Å². The molecule has 7 heteroatoms. The van der Waals surface area contributed by atoms with Gasteiger partial charge in [-0.3, -0.25) is 4.72 Å². The molecule has 0 saturated heterocycles. The molecule has 1 fully saturated rings. The van der Waals surface area contributed by atoms with Gasteiger partial charge in [0, 0.05) is 11.6 Å². The quantitative estimate of drug-likeness (QED) is 0.689. The van der Waals surface area contributed by atoms with Crippen molar-refractivity contribution >= 4 is 33.1 Å². The summed E-state index contributed by atoms with van der Waals surface area (Å²) in [5, 5.41) is 0. The van der Waals surface area contributed by atoms with Crippen LogP contribution in [-0.2, 0) is 10.2 Å². The molecule has 0 spiro atoms. The van der Waals surface area contributed by atoms with Crippen LogP contribution in [-0.4, -0.2) is 19.4 Å². The number of anilines is 1. The lowest BCUT2D eigenvalue weighted by Crippen LogP contribution is -2.32. The van der Waals surface area contributed by atoms with Crippen LogP contribution in [0.4, 0.5) is 5.69 Å². The summed E-state index contributed by atoms with van der Waals surface area (Å²) >= 11 is 4.86. The molecule has 5 nitrogen and oxygen atoms in total. The Morgan fingerprint density at radius 3 is 2.59 bits per heavy atom. The van der Waals surface area contributed by atoms with E-state index in [1.54, 1.807) is 24.3 Å². The van der Waals surface area contributed by atoms with Gasteiger partial charge in [-0.25, -0.2) is 0 Å². The first-order valence-electron chi connectivity index (χ1n) is 5.17. The Hall–Kier alpha value is -1.18. The minimum atomic E-state index is -3.54. The van der Waals surface area contributed by atoms with Gasteiger partial charge >= 0.3 is 0 Å². The second-order valence-electron chi connectivity index (χ2n) is 3.91. The van der Waals surface area contributed by atoms with Crippen LogP contribution in [0.1, 0.15) is 18.4 Å². The zero-order chi connectivity index (χ0) is 12.5. The standard InChI is InChI=1S/C10H13N3O2S2/c11-10(16)8-3-1-2-4-9(8)13-17(14,15)12-7-5-6-7/h1-4,7,12-13H,5-6H2,(H2,11,16). The Morgan fingerprint density at radius 1 is 1.35 bits per heavy atom. The van der Waals surface area contributed by atoms with Gasteiger partial charge in [-0.05, 0) is 25.0 Å². The number of thiocarbonyl (C=S) groups is 1. The molecular weight excluding hydrogens is 258 g/mol. The van der Waals surface area contributed by atoms with Gasteiger partial charge in [0.15, 0.2) is 0 Å². The highest BCUT2D eigenvalue weighted by molar-refractivity contribution is 7.90. The van der Waals surface area contributed by atoms with Gasteiger partial charge in [-0.2, -0.15) is 13.1 Å². The number of rotatable bonds is 5. The summed E-state index contributed by atoms with van der Waals surface area (Å²) in [5.41, 5.74) is 6.44. The van der Waals surface area contributed by atoms with Crippen molar-refractivity contribution in [3.63, 3.8) is 0 Å². The highest BCUT2D eigenvalue weighted by Crippen LogP contribution is 2.21. The van der Waals surface area contributed by atoms with E-state index in [0.29, 0.717) is 11.3 Å². The largest absolute Gasteiger partial charge is 0.389 e. The Bertz CT molecular complexity index is 538. The molecular formula is C10H13N3O2S2. The van der Waals surface area contributed by atoms with E-state index in [-0.39, 0.29) is 11.0 Å². The van der Waals surface area contributed by atoms with Crippen LogP contribution in [0.3, 0.4) is 0 Å². The molecule has 0 atom stereocenters. The maximum absolute atomic E-state index is 11.7. The Labute approximate surface area is 106 Å². The van der Waals surface area contributed by atoms with E-state index in [9.17, 15) is 8.42 Å². The molecule has 0 amide bonds. The first-order valence-corrected chi connectivity index (χ1v) is 7.06. The van der Waals surface area contributed by atoms with Gasteiger partial charge in [0.1, 0.15) is 4.99 Å². The molecule has 1 aromatic rings. The third-order valence-electron chi connectivity index (χ3n) is 2.34. The molecule has 0 heterocycles. The minimum absolute atomic E-state index is 0.0597. The van der Waals surface area contributed by atoms with Gasteiger partial charge in [0.2, 0.25) is 0 Å². The Morgan fingerprint density at radius 2 is 2.00 bits per heavy atom. The maximum atomic E-state index is 11.7. The zero-order valence-corrected chi connectivity index (χ0v) is 10.6. The number of nitrogens with two attached hydrogens (primary N) is 1. The van der Waals surface area contributed by atoms with Crippen molar-refractivity contribution < 1.29 is 8.42 Å². The predicted molar refractivity (Wildman–Crippen MR) is 71.0 cm³/mol. The number of hydrogen-bond acceptors (Lipinski definition) is 3. The van der Waals surface area contributed by atoms with Crippen molar-refractivity contribution in [3.8, 4) is 0 Å². The monoisotopic (exact) mass is 271 g/mol. The summed E-state index contributed by atoms with van der Waals surface area (Å²) in [6.07, 6.45) is 1.77. The van der Waals surface area contributed by atoms with E-state index < -0.39 is 10.2 Å². The second-order valence-corrected chi connectivity index (χ2v) is 5.79. The van der Waals surface area contributed by atoms with E-state index in [2.05, 4.69) is 9.44 Å². The predicted octanol–water partition coefficient (Wildman–Crippen LogP) is 0.729. The average Bonchev–Trinajstić information content (AvgIpc) is 3.00. The Balaban J connectivity index is 2.20. The fourth-order valence-electron chi connectivity index (χ4n) is 1.38. The number of para-hydroxylation sites is 1. The first kappa shape index (κ1) is 12.3. The highest BCUT2D eigenvalue weighted by Gasteiger charge is 2.27. The van der Waals surface area contributed by atoms with E-state index in [4.69, 9.17) is 18.0 Å². The van der Waals surface area contributed by atoms with Gasteiger partial charge in [0.05, 0.1) is 5.69 Å². The van der Waals surface area contributed by atoms with Crippen molar-refractivity contribution in [2.24, 2.45) is 5.73 Å². The van der Waals surface area contributed by atoms with Gasteiger partial charge < -0.3 is 5.73 Å². The molecule has 4 N–H and O–H groups in total. The summed E-state index contributed by atoms with van der Waals surface area (Å²) in [5.74, 6) is 0. The molecule has 1 aliphatic rings. The molecule has 1 aromatic carbocycles. The van der Waals surface area contributed by atoms with Gasteiger partial charge in [-0.1, -0.05) is 24.4 Å². The third-order valence-corrected chi connectivity index (χ3v) is 3.69. The van der Waals surface area contributed by atoms with Crippen LogP contribution >= 0.6 is 12.2 Å². The summed E-state index contributed by atoms with van der Waals surface area (Å²) in [6, 6.07) is 6.83. The Kier molecular flexibility index (Phi) is 3.32. The van der Waals surface area contributed by atoms with Crippen LogP contribution in [0.2, 0.25) is 0 Å². The van der Waals surface area contributed by atoms with Gasteiger partial charge in [0.25, 0.3) is 10.2 Å². The number of hydrogen-bond donors (Lipinski definition) is 3. The third kappa shape index (κ3) is 3.39. The molecule has 1 aliphatic carbocycles. The second kappa shape index (κ2) is 4.59. The summed E-state index contributed by atoms with van der Waals surface area (Å²) in [4.78, 5) is 0.162. The summed E-state index contributed by atoms with van der Waals surface area (Å²) < 4.78 is 28.4. The van der Waals surface area contributed by atoms with Crippen LogP contribution in [0.15, 0.2) is 24.3 Å². The van der Waals surface area contributed by atoms with Crippen molar-refractivity contribution in [2.45, 2.75) is 18.9 Å². The van der Waals surface area contributed by atoms with Crippen LogP contribution in [0.5, 0.6) is 0 Å². The molecule has 1 saturated carbocycles. The lowest BCUT2D eigenvalue weighted by molar-refractivity contribution is 0.586. The number of benzene rings is 1. The summed E-state index contributed by atoms with van der Waals surface area (Å²) in [7, 11) is -3.54. The smallest absolute Gasteiger partial charge is 0.299 e. The fraction of sp³-hybridized carbons (Fsp3) is 0.300. The van der Waals surface area contributed by atoms with Crippen molar-refractivity contribution in [3.05, 3.63) is 29.8 Å². The summed E-state index contributed by atoms with van der Waals surface area (Å²) in [6.45, 7) is 0. The van der Waals surface area contributed by atoms with Crippen LogP contribution in [0, 0.1) is 0 Å².